The summed E-state index contributed by atoms with van der Waals surface area (Å²) in [5.74, 6) is -0.194. The van der Waals surface area contributed by atoms with Crippen LogP contribution < -0.4 is 5.43 Å². The minimum Gasteiger partial charge on any atom is -0.361 e. The van der Waals surface area contributed by atoms with Crippen LogP contribution in [0.1, 0.15) is 15.9 Å². The maximum Gasteiger partial charge on any atom is 0.272 e. The third kappa shape index (κ3) is 2.56. The van der Waals surface area contributed by atoms with Gasteiger partial charge in [0.05, 0.1) is 11.8 Å². The summed E-state index contributed by atoms with van der Waals surface area (Å²) in [7, 11) is 0. The summed E-state index contributed by atoms with van der Waals surface area (Å²) in [6, 6.07) is 9.69. The van der Waals surface area contributed by atoms with E-state index in [1.54, 1.807) is 17.7 Å². The van der Waals surface area contributed by atoms with E-state index in [1.807, 2.05) is 35.8 Å². The number of carbonyl (C=O) groups excluding carboxylic acids is 1. The molecule has 2 aromatic heterocycles. The van der Waals surface area contributed by atoms with Gasteiger partial charge >= 0.3 is 0 Å². The first kappa shape index (κ1) is 11.7. The quantitative estimate of drug-likeness (QED) is 0.557. The Kier molecular flexibility index (Phi) is 3.12. The summed E-state index contributed by atoms with van der Waals surface area (Å²) in [5.41, 5.74) is 5.16. The summed E-state index contributed by atoms with van der Waals surface area (Å²) in [5, 5.41) is 8.73. The van der Waals surface area contributed by atoms with Crippen molar-refractivity contribution in [2.24, 2.45) is 5.10 Å². The molecule has 0 atom stereocenters. The van der Waals surface area contributed by atoms with Gasteiger partial charge in [-0.1, -0.05) is 6.07 Å². The first-order valence-electron chi connectivity index (χ1n) is 5.76. The van der Waals surface area contributed by atoms with Gasteiger partial charge < -0.3 is 4.98 Å². The lowest BCUT2D eigenvalue weighted by Crippen LogP contribution is -2.16. The van der Waals surface area contributed by atoms with E-state index in [1.165, 1.54) is 11.3 Å². The van der Waals surface area contributed by atoms with Gasteiger partial charge in [-0.15, -0.1) is 0 Å². The maximum atomic E-state index is 11.6. The lowest BCUT2D eigenvalue weighted by Gasteiger charge is -1.96. The predicted octanol–water partition coefficient (Wildman–Crippen LogP) is 2.99. The number of amides is 1. The van der Waals surface area contributed by atoms with E-state index >= 15 is 0 Å². The fourth-order valence-electron chi connectivity index (χ4n) is 1.78. The van der Waals surface area contributed by atoms with Gasteiger partial charge in [0.1, 0.15) is 0 Å². The van der Waals surface area contributed by atoms with Crippen molar-refractivity contribution < 1.29 is 4.79 Å². The highest BCUT2D eigenvalue weighted by molar-refractivity contribution is 7.08. The summed E-state index contributed by atoms with van der Waals surface area (Å²) in [6.45, 7) is 0. The van der Waals surface area contributed by atoms with Crippen molar-refractivity contribution in [2.75, 3.05) is 0 Å². The lowest BCUT2D eigenvalue weighted by atomic mass is 10.2. The van der Waals surface area contributed by atoms with Crippen LogP contribution in [0.5, 0.6) is 0 Å². The van der Waals surface area contributed by atoms with Crippen molar-refractivity contribution in [3.8, 4) is 0 Å². The van der Waals surface area contributed by atoms with Crippen LogP contribution in [0.15, 0.2) is 52.4 Å². The molecule has 0 fully saturated rings. The van der Waals surface area contributed by atoms with Crippen LogP contribution in [0.3, 0.4) is 0 Å². The SMILES string of the molecule is O=C(N/N=C/c1ccc2[nH]ccc2c1)c1ccsc1. The summed E-state index contributed by atoms with van der Waals surface area (Å²) in [6.07, 6.45) is 3.53. The van der Waals surface area contributed by atoms with Crippen LogP contribution in [0.4, 0.5) is 0 Å². The Morgan fingerprint density at radius 1 is 1.32 bits per heavy atom. The number of thiophene rings is 1. The molecule has 0 aliphatic carbocycles. The molecule has 4 nitrogen and oxygen atoms in total. The molecule has 0 saturated carbocycles. The molecule has 0 bridgehead atoms. The fourth-order valence-corrected chi connectivity index (χ4v) is 2.41. The Bertz CT molecular complexity index is 728. The highest BCUT2D eigenvalue weighted by atomic mass is 32.1. The first-order chi connectivity index (χ1) is 9.33. The zero-order chi connectivity index (χ0) is 13.1. The first-order valence-corrected chi connectivity index (χ1v) is 6.70. The summed E-state index contributed by atoms with van der Waals surface area (Å²) in [4.78, 5) is 14.8. The molecule has 3 aromatic rings. The van der Waals surface area contributed by atoms with Gasteiger partial charge in [-0.05, 0) is 40.6 Å². The standard InChI is InChI=1S/C14H11N3OS/c18-14(12-4-6-19-9-12)17-16-8-10-1-2-13-11(7-10)3-5-15-13/h1-9,15H,(H,17,18)/b16-8+. The largest absolute Gasteiger partial charge is 0.361 e. The molecule has 1 aromatic carbocycles. The molecule has 0 radical (unpaired) electrons. The van der Waals surface area contributed by atoms with Crippen LogP contribution in [0.2, 0.25) is 0 Å². The average molecular weight is 269 g/mol. The number of hydrazone groups is 1. The summed E-state index contributed by atoms with van der Waals surface area (Å²) < 4.78 is 0. The maximum absolute atomic E-state index is 11.6. The number of nitrogens with one attached hydrogen (secondary N) is 2. The van der Waals surface area contributed by atoms with E-state index in [2.05, 4.69) is 15.5 Å². The molecule has 0 unspecified atom stereocenters. The van der Waals surface area contributed by atoms with E-state index in [0.717, 1.165) is 16.5 Å². The van der Waals surface area contributed by atoms with Gasteiger partial charge in [0.15, 0.2) is 0 Å². The Morgan fingerprint density at radius 3 is 3.11 bits per heavy atom. The minimum atomic E-state index is -0.194. The molecular weight excluding hydrogens is 258 g/mol. The Balaban J connectivity index is 1.70. The second-order valence-corrected chi connectivity index (χ2v) is 4.82. The van der Waals surface area contributed by atoms with Gasteiger partial charge in [0.2, 0.25) is 0 Å². The number of hydrogen-bond donors (Lipinski definition) is 2. The number of fused-ring (bicyclic) bond motifs is 1. The molecule has 0 saturated heterocycles. The van der Waals surface area contributed by atoms with E-state index in [0.29, 0.717) is 5.56 Å². The third-order valence-corrected chi connectivity index (χ3v) is 3.42. The van der Waals surface area contributed by atoms with Crippen molar-refractivity contribution in [2.45, 2.75) is 0 Å². The average Bonchev–Trinajstić information content (AvgIpc) is 3.09. The number of benzene rings is 1. The zero-order valence-electron chi connectivity index (χ0n) is 9.96. The molecule has 19 heavy (non-hydrogen) atoms. The predicted molar refractivity (Wildman–Crippen MR) is 77.7 cm³/mol. The number of carbonyl (C=O) groups is 1. The van der Waals surface area contributed by atoms with Crippen molar-refractivity contribution >= 4 is 34.4 Å². The van der Waals surface area contributed by atoms with Gasteiger partial charge in [-0.2, -0.15) is 16.4 Å². The molecule has 0 aliphatic rings. The van der Waals surface area contributed by atoms with E-state index in [-0.39, 0.29) is 5.91 Å². The molecule has 0 aliphatic heterocycles. The second kappa shape index (κ2) is 5.07. The van der Waals surface area contributed by atoms with Gasteiger partial charge in [0, 0.05) is 17.1 Å². The second-order valence-electron chi connectivity index (χ2n) is 4.04. The number of aromatic nitrogens is 1. The van der Waals surface area contributed by atoms with Gasteiger partial charge in [-0.3, -0.25) is 4.79 Å². The van der Waals surface area contributed by atoms with Crippen molar-refractivity contribution in [3.63, 3.8) is 0 Å². The lowest BCUT2D eigenvalue weighted by molar-refractivity contribution is 0.0955. The monoisotopic (exact) mass is 269 g/mol. The Labute approximate surface area is 113 Å². The highest BCUT2D eigenvalue weighted by Gasteiger charge is 2.02. The van der Waals surface area contributed by atoms with Crippen LogP contribution in [0.25, 0.3) is 10.9 Å². The smallest absolute Gasteiger partial charge is 0.272 e. The van der Waals surface area contributed by atoms with Crippen LogP contribution in [-0.4, -0.2) is 17.1 Å². The molecule has 5 heteroatoms. The normalized spacial score (nSPS) is 11.2. The summed E-state index contributed by atoms with van der Waals surface area (Å²) >= 11 is 1.48. The molecule has 2 N–H and O–H groups in total. The molecular formula is C14H11N3OS. The number of aromatic amines is 1. The van der Waals surface area contributed by atoms with Crippen LogP contribution in [-0.2, 0) is 0 Å². The number of hydrogen-bond acceptors (Lipinski definition) is 3. The molecule has 94 valence electrons. The van der Waals surface area contributed by atoms with Crippen LogP contribution in [0, 0.1) is 0 Å². The van der Waals surface area contributed by atoms with Crippen LogP contribution >= 0.6 is 11.3 Å². The molecule has 3 rings (SSSR count). The molecule has 0 spiro atoms. The number of rotatable bonds is 3. The van der Waals surface area contributed by atoms with E-state index in [9.17, 15) is 4.79 Å². The van der Waals surface area contributed by atoms with Gasteiger partial charge in [-0.25, -0.2) is 5.43 Å². The van der Waals surface area contributed by atoms with Crippen molar-refractivity contribution in [1.29, 1.82) is 0 Å². The Hall–Kier alpha value is -2.40. The van der Waals surface area contributed by atoms with E-state index < -0.39 is 0 Å². The topological polar surface area (TPSA) is 57.2 Å². The molecule has 1 amide bonds. The third-order valence-electron chi connectivity index (χ3n) is 2.74. The molecule has 2 heterocycles. The zero-order valence-corrected chi connectivity index (χ0v) is 10.8. The number of H-pyrrole nitrogens is 1. The fraction of sp³-hybridized carbons (Fsp3) is 0. The number of nitrogens with zero attached hydrogens (tertiary/aromatic N) is 1. The van der Waals surface area contributed by atoms with E-state index in [4.69, 9.17) is 0 Å². The van der Waals surface area contributed by atoms with Crippen molar-refractivity contribution in [1.82, 2.24) is 10.4 Å². The highest BCUT2D eigenvalue weighted by Crippen LogP contribution is 2.12. The minimum absolute atomic E-state index is 0.194. The van der Waals surface area contributed by atoms with Crippen molar-refractivity contribution in [3.05, 3.63) is 58.4 Å². The Morgan fingerprint density at radius 2 is 2.26 bits per heavy atom. The van der Waals surface area contributed by atoms with Gasteiger partial charge in [0.25, 0.3) is 5.91 Å².